The number of carbonyl (C=O) groups excluding carboxylic acids is 2. The van der Waals surface area contributed by atoms with Gasteiger partial charge in [-0.25, -0.2) is 4.39 Å². The number of para-hydroxylation sites is 2. The second-order valence-corrected chi connectivity index (χ2v) is 11.4. The van der Waals surface area contributed by atoms with Gasteiger partial charge in [-0.05, 0) is 59.4 Å². The summed E-state index contributed by atoms with van der Waals surface area (Å²) in [5, 5.41) is 6.56. The molecule has 39 heavy (non-hydrogen) atoms. The maximum absolute atomic E-state index is 13.8. The number of benzene rings is 3. The Kier molecular flexibility index (Phi) is 7.17. The van der Waals surface area contributed by atoms with Crippen LogP contribution >= 0.6 is 0 Å². The van der Waals surface area contributed by atoms with Crippen LogP contribution in [0.25, 0.3) is 0 Å². The monoisotopic (exact) mass is 526 g/mol. The van der Waals surface area contributed by atoms with Gasteiger partial charge in [0.2, 0.25) is 5.91 Å². The van der Waals surface area contributed by atoms with Gasteiger partial charge in [-0.3, -0.25) is 9.59 Å². The second-order valence-electron chi connectivity index (χ2n) is 11.4. The smallest absolute Gasteiger partial charge is 0.239 e. The summed E-state index contributed by atoms with van der Waals surface area (Å²) in [4.78, 5) is 31.3. The molecule has 5 rings (SSSR count). The Bertz CT molecular complexity index is 1410. The molecule has 1 aliphatic heterocycles. The van der Waals surface area contributed by atoms with Gasteiger partial charge in [-0.2, -0.15) is 0 Å². The SMILES string of the molecule is CN(C)c1ccc(C2C3=C(CC(C)(C)CC3=O)Nc3ccccc3N2CC(=O)NCc2ccc(F)cc2)cc1. The summed E-state index contributed by atoms with van der Waals surface area (Å²) in [5.74, 6) is -0.400. The molecule has 2 N–H and O–H groups in total. The first-order chi connectivity index (χ1) is 18.6. The van der Waals surface area contributed by atoms with Crippen LogP contribution in [-0.4, -0.2) is 32.3 Å². The predicted molar refractivity (Wildman–Crippen MR) is 154 cm³/mol. The van der Waals surface area contributed by atoms with Crippen molar-refractivity contribution in [3.8, 4) is 0 Å². The fraction of sp³-hybridized carbons (Fsp3) is 0.312. The van der Waals surface area contributed by atoms with Crippen molar-refractivity contribution in [2.75, 3.05) is 35.8 Å². The van der Waals surface area contributed by atoms with Crippen molar-refractivity contribution in [1.82, 2.24) is 5.32 Å². The number of amides is 1. The van der Waals surface area contributed by atoms with Gasteiger partial charge in [0, 0.05) is 44.0 Å². The van der Waals surface area contributed by atoms with Gasteiger partial charge in [0.15, 0.2) is 5.78 Å². The van der Waals surface area contributed by atoms with E-state index >= 15 is 0 Å². The zero-order valence-corrected chi connectivity index (χ0v) is 22.9. The number of Topliss-reactive ketones (excluding diaryl/α,β-unsaturated/α-hetero) is 1. The molecule has 0 radical (unpaired) electrons. The van der Waals surface area contributed by atoms with Crippen LogP contribution in [0.5, 0.6) is 0 Å². The zero-order chi connectivity index (χ0) is 27.7. The van der Waals surface area contributed by atoms with Gasteiger partial charge in [0.1, 0.15) is 5.82 Å². The number of anilines is 3. The van der Waals surface area contributed by atoms with Crippen molar-refractivity contribution in [3.63, 3.8) is 0 Å². The first-order valence-corrected chi connectivity index (χ1v) is 13.3. The van der Waals surface area contributed by atoms with E-state index in [2.05, 4.69) is 36.6 Å². The molecule has 0 aromatic heterocycles. The molecular weight excluding hydrogens is 491 g/mol. The maximum Gasteiger partial charge on any atom is 0.239 e. The van der Waals surface area contributed by atoms with Crippen molar-refractivity contribution in [3.05, 3.63) is 101 Å². The third-order valence-electron chi connectivity index (χ3n) is 7.45. The molecule has 1 aliphatic carbocycles. The Labute approximate surface area is 229 Å². The number of ketones is 1. The van der Waals surface area contributed by atoms with Crippen LogP contribution in [0.1, 0.15) is 43.9 Å². The zero-order valence-electron chi connectivity index (χ0n) is 22.9. The molecule has 3 aromatic rings. The molecule has 1 unspecified atom stereocenters. The fourth-order valence-electron chi connectivity index (χ4n) is 5.54. The molecule has 3 aromatic carbocycles. The highest BCUT2D eigenvalue weighted by molar-refractivity contribution is 6.02. The van der Waals surface area contributed by atoms with Crippen LogP contribution in [0.4, 0.5) is 21.5 Å². The summed E-state index contributed by atoms with van der Waals surface area (Å²) in [5.41, 5.74) is 6.01. The lowest BCUT2D eigenvalue weighted by molar-refractivity contribution is -0.120. The summed E-state index contributed by atoms with van der Waals surface area (Å²) < 4.78 is 13.3. The van der Waals surface area contributed by atoms with Crippen LogP contribution in [0.15, 0.2) is 84.1 Å². The average molecular weight is 527 g/mol. The summed E-state index contributed by atoms with van der Waals surface area (Å²) >= 11 is 0. The minimum Gasteiger partial charge on any atom is -0.378 e. The van der Waals surface area contributed by atoms with Gasteiger partial charge >= 0.3 is 0 Å². The van der Waals surface area contributed by atoms with Crippen LogP contribution in [-0.2, 0) is 16.1 Å². The number of carbonyl (C=O) groups is 2. The van der Waals surface area contributed by atoms with Gasteiger partial charge in [-0.1, -0.05) is 50.2 Å². The van der Waals surface area contributed by atoms with E-state index in [0.29, 0.717) is 6.42 Å². The molecule has 6 nitrogen and oxygen atoms in total. The van der Waals surface area contributed by atoms with E-state index in [1.807, 2.05) is 60.3 Å². The Morgan fingerprint density at radius 3 is 2.41 bits per heavy atom. The summed E-state index contributed by atoms with van der Waals surface area (Å²) in [7, 11) is 3.98. The van der Waals surface area contributed by atoms with Crippen molar-refractivity contribution in [2.24, 2.45) is 5.41 Å². The molecule has 1 amide bonds. The normalized spacial score (nSPS) is 18.0. The van der Waals surface area contributed by atoms with Gasteiger partial charge in [-0.15, -0.1) is 0 Å². The van der Waals surface area contributed by atoms with Crippen LogP contribution < -0.4 is 20.4 Å². The number of fused-ring (bicyclic) bond motifs is 1. The number of allylic oxidation sites excluding steroid dienone is 1. The van der Waals surface area contributed by atoms with E-state index in [4.69, 9.17) is 0 Å². The maximum atomic E-state index is 13.8. The molecule has 202 valence electrons. The van der Waals surface area contributed by atoms with E-state index in [1.165, 1.54) is 12.1 Å². The van der Waals surface area contributed by atoms with Crippen LogP contribution in [0, 0.1) is 11.2 Å². The molecule has 1 heterocycles. The molecule has 0 fully saturated rings. The Morgan fingerprint density at radius 1 is 1.03 bits per heavy atom. The van der Waals surface area contributed by atoms with Gasteiger partial charge in [0.05, 0.1) is 24.0 Å². The quantitative estimate of drug-likeness (QED) is 0.424. The second kappa shape index (κ2) is 10.6. The largest absolute Gasteiger partial charge is 0.378 e. The Hall–Kier alpha value is -4.13. The van der Waals surface area contributed by atoms with E-state index in [9.17, 15) is 14.0 Å². The highest BCUT2D eigenvalue weighted by Crippen LogP contribution is 2.48. The van der Waals surface area contributed by atoms with Crippen LogP contribution in [0.2, 0.25) is 0 Å². The molecule has 2 aliphatic rings. The minimum atomic E-state index is -0.437. The molecule has 0 bridgehead atoms. The third-order valence-corrected chi connectivity index (χ3v) is 7.45. The number of hydrogen-bond donors (Lipinski definition) is 2. The number of hydrogen-bond acceptors (Lipinski definition) is 5. The number of nitrogens with one attached hydrogen (secondary N) is 2. The lowest BCUT2D eigenvalue weighted by Crippen LogP contribution is -2.41. The van der Waals surface area contributed by atoms with E-state index in [-0.39, 0.29) is 36.0 Å². The highest BCUT2D eigenvalue weighted by Gasteiger charge is 2.41. The average Bonchev–Trinajstić information content (AvgIpc) is 3.02. The van der Waals surface area contributed by atoms with E-state index < -0.39 is 6.04 Å². The molecular formula is C32H35FN4O2. The number of halogens is 1. The standard InChI is InChI=1S/C32H35FN4O2/c1-32(2)17-26-30(28(38)18-32)31(22-11-15-24(16-12-22)36(3)4)37(27-8-6-5-7-25(27)35-26)20-29(39)34-19-21-9-13-23(33)14-10-21/h5-16,31,35H,17-20H2,1-4H3,(H,34,39). The lowest BCUT2D eigenvalue weighted by atomic mass is 9.73. The fourth-order valence-corrected chi connectivity index (χ4v) is 5.54. The van der Waals surface area contributed by atoms with Gasteiger partial charge in [0.25, 0.3) is 0 Å². The molecule has 7 heteroatoms. The number of nitrogens with zero attached hydrogens (tertiary/aromatic N) is 2. The highest BCUT2D eigenvalue weighted by atomic mass is 19.1. The minimum absolute atomic E-state index is 0.0490. The van der Waals surface area contributed by atoms with Crippen LogP contribution in [0.3, 0.4) is 0 Å². The summed E-state index contributed by atoms with van der Waals surface area (Å²) in [6.07, 6.45) is 1.18. The molecule has 0 spiro atoms. The first kappa shape index (κ1) is 26.5. The first-order valence-electron chi connectivity index (χ1n) is 13.3. The van der Waals surface area contributed by atoms with Gasteiger partial charge < -0.3 is 20.4 Å². The number of rotatable bonds is 6. The van der Waals surface area contributed by atoms with E-state index in [1.54, 1.807) is 12.1 Å². The molecule has 0 saturated heterocycles. The molecule has 1 atom stereocenters. The Balaban J connectivity index is 1.56. The van der Waals surface area contributed by atoms with Crippen molar-refractivity contribution in [1.29, 1.82) is 0 Å². The topological polar surface area (TPSA) is 64.7 Å². The Morgan fingerprint density at radius 2 is 1.72 bits per heavy atom. The van der Waals surface area contributed by atoms with Crippen molar-refractivity contribution < 1.29 is 14.0 Å². The lowest BCUT2D eigenvalue weighted by Gasteiger charge is -2.38. The molecule has 0 saturated carbocycles. The third kappa shape index (κ3) is 5.67. The van der Waals surface area contributed by atoms with Crippen molar-refractivity contribution >= 4 is 28.8 Å². The predicted octanol–water partition coefficient (Wildman–Crippen LogP) is 5.82. The van der Waals surface area contributed by atoms with E-state index in [0.717, 1.165) is 45.9 Å². The summed E-state index contributed by atoms with van der Waals surface area (Å²) in [6.45, 7) is 4.58. The van der Waals surface area contributed by atoms with Crippen molar-refractivity contribution in [2.45, 2.75) is 39.3 Å². The summed E-state index contributed by atoms with van der Waals surface area (Å²) in [6, 6.07) is 21.7.